The van der Waals surface area contributed by atoms with Gasteiger partial charge in [-0.25, -0.2) is 4.98 Å². The van der Waals surface area contributed by atoms with Crippen molar-refractivity contribution >= 4 is 5.91 Å². The lowest BCUT2D eigenvalue weighted by Crippen LogP contribution is -2.29. The van der Waals surface area contributed by atoms with Crippen LogP contribution in [-0.2, 0) is 0 Å². The van der Waals surface area contributed by atoms with Gasteiger partial charge >= 0.3 is 0 Å². The first-order chi connectivity index (χ1) is 8.65. The van der Waals surface area contributed by atoms with E-state index in [0.717, 1.165) is 31.6 Å². The highest BCUT2D eigenvalue weighted by Crippen LogP contribution is 2.36. The van der Waals surface area contributed by atoms with Crippen LogP contribution in [-0.4, -0.2) is 33.9 Å². The summed E-state index contributed by atoms with van der Waals surface area (Å²) in [6.45, 7) is 5.87. The van der Waals surface area contributed by atoms with Crippen LogP contribution in [0, 0.1) is 18.8 Å². The SMILES string of the molecule is CC1=CC[C@@H]2CN(C(=O)c3nc[nH]c3C)C[C@@H]2C1. The fourth-order valence-electron chi connectivity index (χ4n) is 3.18. The van der Waals surface area contributed by atoms with Gasteiger partial charge in [0.05, 0.1) is 6.33 Å². The van der Waals surface area contributed by atoms with E-state index in [0.29, 0.717) is 17.5 Å². The average molecular weight is 245 g/mol. The fraction of sp³-hybridized carbons (Fsp3) is 0.571. The molecular formula is C14H19N3O. The second-order valence-electron chi connectivity index (χ2n) is 5.60. The molecule has 18 heavy (non-hydrogen) atoms. The van der Waals surface area contributed by atoms with Crippen LogP contribution in [0.3, 0.4) is 0 Å². The molecule has 1 amide bonds. The highest BCUT2D eigenvalue weighted by molar-refractivity contribution is 5.93. The maximum Gasteiger partial charge on any atom is 0.274 e. The van der Waals surface area contributed by atoms with Crippen LogP contribution >= 0.6 is 0 Å². The molecule has 1 fully saturated rings. The van der Waals surface area contributed by atoms with E-state index < -0.39 is 0 Å². The molecule has 1 saturated heterocycles. The minimum Gasteiger partial charge on any atom is -0.348 e. The lowest BCUT2D eigenvalue weighted by molar-refractivity contribution is 0.0778. The number of fused-ring (bicyclic) bond motifs is 1. The summed E-state index contributed by atoms with van der Waals surface area (Å²) >= 11 is 0. The van der Waals surface area contributed by atoms with Crippen LogP contribution in [0.4, 0.5) is 0 Å². The average Bonchev–Trinajstić information content (AvgIpc) is 2.93. The van der Waals surface area contributed by atoms with E-state index in [1.54, 1.807) is 6.33 Å². The first-order valence-electron chi connectivity index (χ1n) is 6.60. The molecule has 0 radical (unpaired) electrons. The van der Waals surface area contributed by atoms with Gasteiger partial charge < -0.3 is 9.88 Å². The number of hydrogen-bond donors (Lipinski definition) is 1. The first kappa shape index (κ1) is 11.5. The van der Waals surface area contributed by atoms with Crippen molar-refractivity contribution in [2.24, 2.45) is 11.8 Å². The number of nitrogens with one attached hydrogen (secondary N) is 1. The smallest absolute Gasteiger partial charge is 0.274 e. The number of likely N-dealkylation sites (tertiary alicyclic amines) is 1. The molecule has 1 N–H and O–H groups in total. The Balaban J connectivity index is 1.74. The fourth-order valence-corrected chi connectivity index (χ4v) is 3.18. The lowest BCUT2D eigenvalue weighted by Gasteiger charge is -2.21. The highest BCUT2D eigenvalue weighted by atomic mass is 16.2. The van der Waals surface area contributed by atoms with Gasteiger partial charge in [-0.2, -0.15) is 0 Å². The molecule has 0 aromatic carbocycles. The van der Waals surface area contributed by atoms with Crippen LogP contribution < -0.4 is 0 Å². The predicted molar refractivity (Wildman–Crippen MR) is 69.2 cm³/mol. The Morgan fingerprint density at radius 3 is 2.89 bits per heavy atom. The number of amides is 1. The number of nitrogens with zero attached hydrogens (tertiary/aromatic N) is 2. The van der Waals surface area contributed by atoms with Gasteiger partial charge in [0.25, 0.3) is 5.91 Å². The largest absolute Gasteiger partial charge is 0.348 e. The second kappa shape index (κ2) is 4.26. The molecule has 1 aliphatic carbocycles. The van der Waals surface area contributed by atoms with Crippen molar-refractivity contribution in [2.75, 3.05) is 13.1 Å². The van der Waals surface area contributed by atoms with Crippen molar-refractivity contribution in [3.8, 4) is 0 Å². The summed E-state index contributed by atoms with van der Waals surface area (Å²) < 4.78 is 0. The summed E-state index contributed by atoms with van der Waals surface area (Å²) in [4.78, 5) is 21.5. The van der Waals surface area contributed by atoms with Gasteiger partial charge in [-0.3, -0.25) is 4.79 Å². The van der Waals surface area contributed by atoms with E-state index >= 15 is 0 Å². The number of allylic oxidation sites excluding steroid dienone is 2. The molecule has 1 aromatic heterocycles. The Morgan fingerprint density at radius 2 is 2.17 bits per heavy atom. The van der Waals surface area contributed by atoms with Crippen LogP contribution in [0.2, 0.25) is 0 Å². The molecule has 96 valence electrons. The Hall–Kier alpha value is -1.58. The van der Waals surface area contributed by atoms with E-state index in [2.05, 4.69) is 23.0 Å². The lowest BCUT2D eigenvalue weighted by atomic mass is 9.83. The van der Waals surface area contributed by atoms with Gasteiger partial charge in [-0.1, -0.05) is 11.6 Å². The Morgan fingerprint density at radius 1 is 1.39 bits per heavy atom. The molecule has 2 aliphatic rings. The number of imidazole rings is 1. The standard InChI is InChI=1S/C14H19N3O/c1-9-3-4-11-6-17(7-12(11)5-9)14(18)13-10(2)15-8-16-13/h3,8,11-12H,4-7H2,1-2H3,(H,15,16)/t11-,12+/m1/s1. The van der Waals surface area contributed by atoms with Crippen molar-refractivity contribution in [3.63, 3.8) is 0 Å². The minimum absolute atomic E-state index is 0.0841. The quantitative estimate of drug-likeness (QED) is 0.771. The Bertz CT molecular complexity index is 503. The summed E-state index contributed by atoms with van der Waals surface area (Å²) in [5, 5.41) is 0. The maximum atomic E-state index is 12.4. The summed E-state index contributed by atoms with van der Waals surface area (Å²) in [5.74, 6) is 1.39. The van der Waals surface area contributed by atoms with E-state index in [9.17, 15) is 4.79 Å². The number of carbonyl (C=O) groups excluding carboxylic acids is 1. The molecule has 0 saturated carbocycles. The van der Waals surface area contributed by atoms with Crippen molar-refractivity contribution in [3.05, 3.63) is 29.4 Å². The molecule has 4 heteroatoms. The van der Waals surface area contributed by atoms with Crippen LogP contribution in [0.25, 0.3) is 0 Å². The molecule has 3 rings (SSSR count). The zero-order valence-corrected chi connectivity index (χ0v) is 10.9. The van der Waals surface area contributed by atoms with Gasteiger partial charge in [-0.15, -0.1) is 0 Å². The third-order valence-corrected chi connectivity index (χ3v) is 4.25. The summed E-state index contributed by atoms with van der Waals surface area (Å²) in [5.41, 5.74) is 2.92. The normalized spacial score (nSPS) is 27.0. The monoisotopic (exact) mass is 245 g/mol. The summed E-state index contributed by atoms with van der Waals surface area (Å²) in [6, 6.07) is 0. The van der Waals surface area contributed by atoms with Crippen LogP contribution in [0.1, 0.15) is 35.9 Å². The highest BCUT2D eigenvalue weighted by Gasteiger charge is 2.37. The molecule has 2 heterocycles. The van der Waals surface area contributed by atoms with E-state index in [1.165, 1.54) is 5.57 Å². The molecule has 0 unspecified atom stereocenters. The van der Waals surface area contributed by atoms with E-state index in [1.807, 2.05) is 11.8 Å². The van der Waals surface area contributed by atoms with Crippen molar-refractivity contribution < 1.29 is 4.79 Å². The number of aryl methyl sites for hydroxylation is 1. The maximum absolute atomic E-state index is 12.4. The zero-order chi connectivity index (χ0) is 12.7. The number of hydrogen-bond acceptors (Lipinski definition) is 2. The number of aromatic nitrogens is 2. The van der Waals surface area contributed by atoms with Gasteiger partial charge in [0.1, 0.15) is 5.69 Å². The number of rotatable bonds is 1. The zero-order valence-electron chi connectivity index (χ0n) is 10.9. The Kier molecular flexibility index (Phi) is 2.73. The van der Waals surface area contributed by atoms with Gasteiger partial charge in [0.2, 0.25) is 0 Å². The topological polar surface area (TPSA) is 49.0 Å². The van der Waals surface area contributed by atoms with Gasteiger partial charge in [-0.05, 0) is 38.5 Å². The van der Waals surface area contributed by atoms with Crippen LogP contribution in [0.5, 0.6) is 0 Å². The van der Waals surface area contributed by atoms with Crippen molar-refractivity contribution in [1.29, 1.82) is 0 Å². The number of aromatic amines is 1. The van der Waals surface area contributed by atoms with E-state index in [4.69, 9.17) is 0 Å². The molecule has 4 nitrogen and oxygen atoms in total. The van der Waals surface area contributed by atoms with Crippen LogP contribution in [0.15, 0.2) is 18.0 Å². The van der Waals surface area contributed by atoms with E-state index in [-0.39, 0.29) is 5.91 Å². The van der Waals surface area contributed by atoms with Gasteiger partial charge in [0, 0.05) is 18.8 Å². The molecule has 2 atom stereocenters. The van der Waals surface area contributed by atoms with Crippen molar-refractivity contribution in [2.45, 2.75) is 26.7 Å². The van der Waals surface area contributed by atoms with Gasteiger partial charge in [0.15, 0.2) is 0 Å². The number of carbonyl (C=O) groups is 1. The first-order valence-corrected chi connectivity index (χ1v) is 6.60. The molecule has 1 aliphatic heterocycles. The number of H-pyrrole nitrogens is 1. The molecule has 0 spiro atoms. The predicted octanol–water partition coefficient (Wildman–Crippen LogP) is 2.15. The summed E-state index contributed by atoms with van der Waals surface area (Å²) in [7, 11) is 0. The molecular weight excluding hydrogens is 226 g/mol. The third-order valence-electron chi connectivity index (χ3n) is 4.25. The summed E-state index contributed by atoms with van der Waals surface area (Å²) in [6.07, 6.45) is 6.19. The Labute approximate surface area is 107 Å². The molecule has 0 bridgehead atoms. The minimum atomic E-state index is 0.0841. The third kappa shape index (κ3) is 1.85. The molecule has 1 aromatic rings. The van der Waals surface area contributed by atoms with Crippen molar-refractivity contribution in [1.82, 2.24) is 14.9 Å². The second-order valence-corrected chi connectivity index (χ2v) is 5.60.